The molecule has 0 heterocycles. The summed E-state index contributed by atoms with van der Waals surface area (Å²) < 4.78 is 0. The van der Waals surface area contributed by atoms with Gasteiger partial charge in [-0.25, -0.2) is 0 Å². The molecular weight excluding hydrogens is 226 g/mol. The van der Waals surface area contributed by atoms with Crippen LogP contribution in [0.5, 0.6) is 0 Å². The Morgan fingerprint density at radius 2 is 2.31 bits per heavy atom. The minimum atomic E-state index is -0.510. The second-order valence-corrected chi connectivity index (χ2v) is 3.33. The highest BCUT2D eigenvalue weighted by Crippen LogP contribution is 2.15. The first-order valence-electron chi connectivity index (χ1n) is 4.20. The molecule has 0 saturated carbocycles. The van der Waals surface area contributed by atoms with E-state index in [1.54, 1.807) is 6.07 Å². The average molecular weight is 233 g/mol. The Morgan fingerprint density at radius 1 is 1.62 bits per heavy atom. The number of nitro groups is 1. The lowest BCUT2D eigenvalue weighted by Gasteiger charge is -1.96. The number of nitrogens with zero attached hydrogens (tertiary/aromatic N) is 2. The lowest BCUT2D eigenvalue weighted by Crippen LogP contribution is -2.09. The van der Waals surface area contributed by atoms with Crippen molar-refractivity contribution in [2.75, 3.05) is 0 Å². The number of nitro benzene ring substituents is 1. The summed E-state index contributed by atoms with van der Waals surface area (Å²) in [4.78, 5) is 9.97. The summed E-state index contributed by atoms with van der Waals surface area (Å²) in [7, 11) is 0. The first-order valence-corrected chi connectivity index (χ1v) is 4.61. The molecule has 0 atom stereocenters. The molecule has 0 amide bonds. The van der Waals surface area contributed by atoms with Crippen LogP contribution in [-0.4, -0.2) is 9.91 Å². The van der Waals surface area contributed by atoms with E-state index in [0.29, 0.717) is 5.56 Å². The quantitative estimate of drug-likeness (QED) is 0.282. The van der Waals surface area contributed by atoms with E-state index in [2.05, 4.69) is 12.2 Å². The number of benzene rings is 1. The molecule has 0 unspecified atom stereocenters. The molecule has 0 aliphatic carbocycles. The van der Waals surface area contributed by atoms with Gasteiger partial charge in [-0.3, -0.25) is 10.1 Å². The zero-order valence-electron chi connectivity index (χ0n) is 8.08. The molecule has 1 rings (SSSR count). The van der Waals surface area contributed by atoms with Gasteiger partial charge in [-0.05, 0) is 11.6 Å². The van der Waals surface area contributed by atoms with Crippen LogP contribution >= 0.6 is 12.2 Å². The number of nitrogens with two attached hydrogens (primary N) is 1. The topological polar surface area (TPSA) is 92.9 Å². The Labute approximate surface area is 96.9 Å². The second-order valence-electron chi connectivity index (χ2n) is 2.89. The summed E-state index contributed by atoms with van der Waals surface area (Å²) in [5.74, 6) is 0. The first-order chi connectivity index (χ1) is 7.54. The number of hydrogen-bond acceptors (Lipinski definition) is 4. The van der Waals surface area contributed by atoms with Crippen LogP contribution < -0.4 is 5.73 Å². The maximum absolute atomic E-state index is 10.5. The van der Waals surface area contributed by atoms with Crippen molar-refractivity contribution in [2.24, 2.45) is 5.73 Å². The Balaban J connectivity index is 3.16. The van der Waals surface area contributed by atoms with Crippen molar-refractivity contribution in [1.29, 1.82) is 5.26 Å². The number of non-ortho nitro benzene ring substituents is 1. The van der Waals surface area contributed by atoms with Gasteiger partial charge in [0.2, 0.25) is 0 Å². The molecule has 1 aromatic carbocycles. The molecule has 0 aliphatic rings. The Hall–Kier alpha value is -2.26. The summed E-state index contributed by atoms with van der Waals surface area (Å²) in [6.45, 7) is 0. The average Bonchev–Trinajstić information content (AvgIpc) is 2.25. The van der Waals surface area contributed by atoms with Crippen molar-refractivity contribution in [3.8, 4) is 6.07 Å². The highest BCUT2D eigenvalue weighted by molar-refractivity contribution is 7.80. The third kappa shape index (κ3) is 2.87. The third-order valence-corrected chi connectivity index (χ3v) is 2.00. The van der Waals surface area contributed by atoms with E-state index in [1.807, 2.05) is 6.07 Å². The largest absolute Gasteiger partial charge is 0.389 e. The summed E-state index contributed by atoms with van der Waals surface area (Å²) in [5.41, 5.74) is 5.89. The molecule has 0 spiro atoms. The fourth-order valence-electron chi connectivity index (χ4n) is 1.05. The highest BCUT2D eigenvalue weighted by atomic mass is 32.1. The van der Waals surface area contributed by atoms with Crippen LogP contribution in [0.4, 0.5) is 5.69 Å². The van der Waals surface area contributed by atoms with Gasteiger partial charge in [0.05, 0.1) is 10.5 Å². The summed E-state index contributed by atoms with van der Waals surface area (Å²) >= 11 is 4.65. The monoisotopic (exact) mass is 233 g/mol. The molecule has 0 fully saturated rings. The molecule has 5 nitrogen and oxygen atoms in total. The number of thiocarbonyl (C=S) groups is 1. The molecule has 0 aliphatic heterocycles. The standard InChI is InChI=1S/C10H7N3O2S/c11-6-8(10(12)16)4-7-2-1-3-9(5-7)13(14)15/h1-5H,(H2,12,16)/b8-4+. The van der Waals surface area contributed by atoms with E-state index in [0.717, 1.165) is 0 Å². The van der Waals surface area contributed by atoms with Crippen LogP contribution in [-0.2, 0) is 0 Å². The summed E-state index contributed by atoms with van der Waals surface area (Å²) in [5, 5.41) is 19.2. The maximum atomic E-state index is 10.5. The third-order valence-electron chi connectivity index (χ3n) is 1.78. The van der Waals surface area contributed by atoms with Gasteiger partial charge < -0.3 is 5.73 Å². The van der Waals surface area contributed by atoms with Crippen LogP contribution in [0.1, 0.15) is 5.56 Å². The van der Waals surface area contributed by atoms with E-state index >= 15 is 0 Å². The minimum absolute atomic E-state index is 0.0333. The zero-order valence-corrected chi connectivity index (χ0v) is 8.90. The number of rotatable bonds is 3. The molecular formula is C10H7N3O2S. The van der Waals surface area contributed by atoms with Crippen molar-refractivity contribution < 1.29 is 4.92 Å². The van der Waals surface area contributed by atoms with Crippen LogP contribution in [0.3, 0.4) is 0 Å². The van der Waals surface area contributed by atoms with E-state index in [4.69, 9.17) is 11.0 Å². The van der Waals surface area contributed by atoms with Gasteiger partial charge in [0, 0.05) is 12.1 Å². The van der Waals surface area contributed by atoms with E-state index in [-0.39, 0.29) is 16.2 Å². The molecule has 1 aromatic rings. The molecule has 6 heteroatoms. The predicted molar refractivity (Wildman–Crippen MR) is 63.5 cm³/mol. The minimum Gasteiger partial charge on any atom is -0.389 e. The molecule has 0 radical (unpaired) electrons. The van der Waals surface area contributed by atoms with E-state index < -0.39 is 4.92 Å². The fourth-order valence-corrected chi connectivity index (χ4v) is 1.16. The zero-order chi connectivity index (χ0) is 12.1. The Kier molecular flexibility index (Phi) is 3.69. The molecule has 0 saturated heterocycles. The molecule has 0 aromatic heterocycles. The first kappa shape index (κ1) is 11.8. The van der Waals surface area contributed by atoms with Crippen LogP contribution in [0, 0.1) is 21.4 Å². The van der Waals surface area contributed by atoms with Crippen molar-refractivity contribution in [3.63, 3.8) is 0 Å². The SMILES string of the molecule is N#C/C(=C\c1cccc([N+](=O)[O-])c1)C(N)=S. The molecule has 0 bridgehead atoms. The van der Waals surface area contributed by atoms with Crippen LogP contribution in [0.15, 0.2) is 29.8 Å². The van der Waals surface area contributed by atoms with Crippen molar-refractivity contribution in [2.45, 2.75) is 0 Å². The van der Waals surface area contributed by atoms with Gasteiger partial charge in [-0.1, -0.05) is 24.4 Å². The highest BCUT2D eigenvalue weighted by Gasteiger charge is 2.05. The van der Waals surface area contributed by atoms with Crippen LogP contribution in [0.25, 0.3) is 6.08 Å². The second kappa shape index (κ2) is 5.00. The lowest BCUT2D eigenvalue weighted by molar-refractivity contribution is -0.384. The lowest BCUT2D eigenvalue weighted by atomic mass is 10.1. The van der Waals surface area contributed by atoms with E-state index in [9.17, 15) is 10.1 Å². The normalized spacial score (nSPS) is 10.6. The summed E-state index contributed by atoms with van der Waals surface area (Å²) in [6.07, 6.45) is 1.41. The van der Waals surface area contributed by atoms with Gasteiger partial charge in [-0.2, -0.15) is 5.26 Å². The Bertz CT molecular complexity index is 517. The van der Waals surface area contributed by atoms with Gasteiger partial charge in [0.25, 0.3) is 5.69 Å². The molecule has 2 N–H and O–H groups in total. The summed E-state index contributed by atoms with van der Waals surface area (Å²) in [6, 6.07) is 7.69. The van der Waals surface area contributed by atoms with E-state index in [1.165, 1.54) is 24.3 Å². The number of nitriles is 1. The molecule has 16 heavy (non-hydrogen) atoms. The van der Waals surface area contributed by atoms with Gasteiger partial charge in [0.15, 0.2) is 0 Å². The predicted octanol–water partition coefficient (Wildman–Crippen LogP) is 1.79. The molecule has 80 valence electrons. The van der Waals surface area contributed by atoms with Gasteiger partial charge in [-0.15, -0.1) is 0 Å². The number of hydrogen-bond donors (Lipinski definition) is 1. The van der Waals surface area contributed by atoms with Gasteiger partial charge in [0.1, 0.15) is 11.1 Å². The smallest absolute Gasteiger partial charge is 0.270 e. The fraction of sp³-hybridized carbons (Fsp3) is 0. The Morgan fingerprint density at radius 3 is 2.81 bits per heavy atom. The van der Waals surface area contributed by atoms with Crippen molar-refractivity contribution in [3.05, 3.63) is 45.5 Å². The van der Waals surface area contributed by atoms with Crippen molar-refractivity contribution in [1.82, 2.24) is 0 Å². The maximum Gasteiger partial charge on any atom is 0.270 e. The van der Waals surface area contributed by atoms with Crippen molar-refractivity contribution >= 4 is 29.0 Å². The van der Waals surface area contributed by atoms with Gasteiger partial charge >= 0.3 is 0 Å². The van der Waals surface area contributed by atoms with Crippen LogP contribution in [0.2, 0.25) is 0 Å².